The van der Waals surface area contributed by atoms with Gasteiger partial charge in [-0.2, -0.15) is 0 Å². The van der Waals surface area contributed by atoms with Crippen LogP contribution in [0, 0.1) is 3.57 Å². The van der Waals surface area contributed by atoms with Crippen LogP contribution in [0.1, 0.15) is 41.0 Å². The Morgan fingerprint density at radius 3 is 2.32 bits per heavy atom. The summed E-state index contributed by atoms with van der Waals surface area (Å²) in [4.78, 5) is 15.5. The molecule has 4 heteroatoms. The fourth-order valence-electron chi connectivity index (χ4n) is 5.86. The van der Waals surface area contributed by atoms with Gasteiger partial charge in [0.2, 0.25) is 5.91 Å². The van der Waals surface area contributed by atoms with Gasteiger partial charge in [0.15, 0.2) is 0 Å². The lowest BCUT2D eigenvalue weighted by Gasteiger charge is -2.21. The van der Waals surface area contributed by atoms with Gasteiger partial charge in [-0.15, -0.1) is 0 Å². The van der Waals surface area contributed by atoms with E-state index in [4.69, 9.17) is 0 Å². The third-order valence-electron chi connectivity index (χ3n) is 7.30. The smallest absolute Gasteiger partial charge is 0.232 e. The van der Waals surface area contributed by atoms with Gasteiger partial charge in [-0.05, 0) is 87.0 Å². The number of allylic oxidation sites excluding steroid dienone is 1. The number of rotatable bonds is 3. The molecule has 1 amide bonds. The molecule has 0 spiro atoms. The van der Waals surface area contributed by atoms with E-state index in [1.165, 1.54) is 44.3 Å². The van der Waals surface area contributed by atoms with Gasteiger partial charge >= 0.3 is 0 Å². The van der Waals surface area contributed by atoms with E-state index in [1.807, 2.05) is 6.07 Å². The molecule has 0 bridgehead atoms. The van der Waals surface area contributed by atoms with E-state index in [0.29, 0.717) is 0 Å². The average Bonchev–Trinajstić information content (AvgIpc) is 3.30. The Hall–Kier alpha value is -3.12. The van der Waals surface area contributed by atoms with E-state index in [2.05, 4.69) is 127 Å². The maximum atomic E-state index is 13.3. The molecule has 0 saturated heterocycles. The van der Waals surface area contributed by atoms with Crippen molar-refractivity contribution in [2.24, 2.45) is 0 Å². The minimum absolute atomic E-state index is 0.0120. The van der Waals surface area contributed by atoms with E-state index in [9.17, 15) is 4.79 Å². The molecule has 6 rings (SSSR count). The van der Waals surface area contributed by atoms with Crippen LogP contribution in [0.4, 0.5) is 11.4 Å². The first kappa shape index (κ1) is 21.4. The Labute approximate surface area is 213 Å². The monoisotopic (exact) mass is 556 g/mol. The Morgan fingerprint density at radius 2 is 1.53 bits per heavy atom. The lowest BCUT2D eigenvalue weighted by molar-refractivity contribution is -0.117. The number of hydrogen-bond acceptors (Lipinski definition) is 2. The molecular formula is C30H25IN2O. The van der Waals surface area contributed by atoms with Crippen molar-refractivity contribution in [2.75, 3.05) is 24.3 Å². The Balaban J connectivity index is 1.60. The predicted molar refractivity (Wildman–Crippen MR) is 150 cm³/mol. The summed E-state index contributed by atoms with van der Waals surface area (Å²) >= 11 is 2.33. The largest absolute Gasteiger partial charge is 0.377 e. The van der Waals surface area contributed by atoms with Crippen LogP contribution in [0.2, 0.25) is 0 Å². The summed E-state index contributed by atoms with van der Waals surface area (Å²) in [5.74, 6) is -0.126. The quantitative estimate of drug-likeness (QED) is 0.272. The Morgan fingerprint density at radius 1 is 0.794 bits per heavy atom. The highest BCUT2D eigenvalue weighted by Gasteiger charge is 2.43. The number of nitrogens with zero attached hydrogens (tertiary/aromatic N) is 1. The summed E-state index contributed by atoms with van der Waals surface area (Å²) in [6.45, 7) is 2.22. The Kier molecular flexibility index (Phi) is 5.03. The molecule has 4 aromatic rings. The van der Waals surface area contributed by atoms with Crippen LogP contribution in [-0.4, -0.2) is 20.0 Å². The van der Waals surface area contributed by atoms with Gasteiger partial charge in [0.25, 0.3) is 0 Å². The van der Waals surface area contributed by atoms with Crippen LogP contribution >= 0.6 is 22.6 Å². The fourth-order valence-corrected chi connectivity index (χ4v) is 6.38. The molecule has 2 atom stereocenters. The minimum Gasteiger partial charge on any atom is -0.377 e. The highest BCUT2D eigenvalue weighted by atomic mass is 127. The molecule has 2 unspecified atom stereocenters. The number of nitrogens with one attached hydrogen (secondary N) is 1. The second kappa shape index (κ2) is 7.98. The van der Waals surface area contributed by atoms with Crippen molar-refractivity contribution in [2.45, 2.75) is 18.8 Å². The van der Waals surface area contributed by atoms with Gasteiger partial charge in [-0.25, -0.2) is 0 Å². The van der Waals surface area contributed by atoms with Crippen molar-refractivity contribution in [3.8, 4) is 0 Å². The summed E-state index contributed by atoms with van der Waals surface area (Å²) in [6, 6.07) is 28.0. The number of benzene rings is 4. The van der Waals surface area contributed by atoms with Crippen molar-refractivity contribution in [3.63, 3.8) is 0 Å². The van der Waals surface area contributed by atoms with Gasteiger partial charge in [-0.1, -0.05) is 60.2 Å². The first-order chi connectivity index (χ1) is 16.5. The Bertz CT molecular complexity index is 1520. The molecule has 1 heterocycles. The molecule has 2 aliphatic rings. The zero-order chi connectivity index (χ0) is 23.6. The number of halogens is 1. The number of hydrogen-bond donors (Lipinski definition) is 1. The second-order valence-corrected chi connectivity index (χ2v) is 10.6. The molecule has 4 aromatic carbocycles. The van der Waals surface area contributed by atoms with Crippen LogP contribution in [0.3, 0.4) is 0 Å². The van der Waals surface area contributed by atoms with Crippen LogP contribution in [0.5, 0.6) is 0 Å². The van der Waals surface area contributed by atoms with Crippen LogP contribution < -0.4 is 10.2 Å². The molecule has 3 nitrogen and oxygen atoms in total. The van der Waals surface area contributed by atoms with E-state index < -0.39 is 0 Å². The van der Waals surface area contributed by atoms with Crippen molar-refractivity contribution in [3.05, 3.63) is 110 Å². The third kappa shape index (κ3) is 3.12. The molecule has 1 N–H and O–H groups in total. The molecule has 0 aromatic heterocycles. The molecule has 168 valence electrons. The summed E-state index contributed by atoms with van der Waals surface area (Å²) in [5, 5.41) is 5.62. The summed E-state index contributed by atoms with van der Waals surface area (Å²) < 4.78 is 1.15. The summed E-state index contributed by atoms with van der Waals surface area (Å²) in [6.07, 6.45) is 0. The maximum absolute atomic E-state index is 13.3. The van der Waals surface area contributed by atoms with Crippen LogP contribution in [0.15, 0.2) is 84.4 Å². The average molecular weight is 556 g/mol. The van der Waals surface area contributed by atoms with Gasteiger partial charge in [0, 0.05) is 40.3 Å². The number of fused-ring (bicyclic) bond motifs is 3. The number of amides is 1. The van der Waals surface area contributed by atoms with Crippen molar-refractivity contribution >= 4 is 56.2 Å². The highest BCUT2D eigenvalue weighted by Crippen LogP contribution is 2.54. The van der Waals surface area contributed by atoms with Gasteiger partial charge in [0.1, 0.15) is 0 Å². The fraction of sp³-hybridized carbons (Fsp3) is 0.167. The lowest BCUT2D eigenvalue weighted by Crippen LogP contribution is -2.19. The van der Waals surface area contributed by atoms with E-state index >= 15 is 0 Å². The standard InChI is InChI=1S/C30H25IN2O/c1-17-27(23-13-15-26(33(2)3)20-9-5-4-8-19(20)23)21-10-6-7-11-22(21)28(17)29-24-16-18(31)12-14-25(24)32-30(29)34/h4-16,28-29H,1-3H3,(H,32,34). The molecule has 0 saturated carbocycles. The first-order valence-electron chi connectivity index (χ1n) is 11.6. The third-order valence-corrected chi connectivity index (χ3v) is 7.97. The number of carbonyl (C=O) groups excluding carboxylic acids is 1. The summed E-state index contributed by atoms with van der Waals surface area (Å²) in [7, 11) is 4.18. The van der Waals surface area contributed by atoms with Gasteiger partial charge in [-0.3, -0.25) is 4.79 Å². The lowest BCUT2D eigenvalue weighted by atomic mass is 9.80. The first-order valence-corrected chi connectivity index (χ1v) is 12.6. The zero-order valence-corrected chi connectivity index (χ0v) is 21.6. The predicted octanol–water partition coefficient (Wildman–Crippen LogP) is 7.17. The molecule has 1 aliphatic carbocycles. The van der Waals surface area contributed by atoms with E-state index in [-0.39, 0.29) is 17.7 Å². The van der Waals surface area contributed by atoms with Crippen molar-refractivity contribution in [1.29, 1.82) is 0 Å². The van der Waals surface area contributed by atoms with E-state index in [1.54, 1.807) is 0 Å². The topological polar surface area (TPSA) is 32.3 Å². The SMILES string of the molecule is CC1=C(c2ccc(N(C)C)c3ccccc23)c2ccccc2C1C1C(=O)Nc2ccc(I)cc21. The highest BCUT2D eigenvalue weighted by molar-refractivity contribution is 14.1. The van der Waals surface area contributed by atoms with Crippen LogP contribution in [0.25, 0.3) is 16.3 Å². The molecular weight excluding hydrogens is 531 g/mol. The summed E-state index contributed by atoms with van der Waals surface area (Å²) in [5.41, 5.74) is 9.47. The maximum Gasteiger partial charge on any atom is 0.232 e. The minimum atomic E-state index is -0.226. The van der Waals surface area contributed by atoms with Crippen molar-refractivity contribution in [1.82, 2.24) is 0 Å². The van der Waals surface area contributed by atoms with Gasteiger partial charge in [0.05, 0.1) is 5.92 Å². The number of anilines is 2. The zero-order valence-electron chi connectivity index (χ0n) is 19.4. The van der Waals surface area contributed by atoms with Crippen LogP contribution in [-0.2, 0) is 4.79 Å². The van der Waals surface area contributed by atoms with E-state index in [0.717, 1.165) is 14.8 Å². The van der Waals surface area contributed by atoms with Gasteiger partial charge < -0.3 is 10.2 Å². The second-order valence-electron chi connectivity index (χ2n) is 9.39. The molecule has 34 heavy (non-hydrogen) atoms. The molecule has 0 radical (unpaired) electrons. The molecule has 0 fully saturated rings. The number of carbonyl (C=O) groups is 1. The normalized spacial score (nSPS) is 18.8. The molecule has 1 aliphatic heterocycles. The van der Waals surface area contributed by atoms with Crippen molar-refractivity contribution < 1.29 is 4.79 Å².